The zero-order chi connectivity index (χ0) is 14.5. The lowest BCUT2D eigenvalue weighted by atomic mass is 9.92. The molecule has 1 atom stereocenters. The summed E-state index contributed by atoms with van der Waals surface area (Å²) in [5.74, 6) is -0.622. The number of carboxylic acid groups (broad SMARTS) is 1. The fourth-order valence-corrected chi connectivity index (χ4v) is 2.24. The van der Waals surface area contributed by atoms with Crippen LogP contribution >= 0.6 is 0 Å². The summed E-state index contributed by atoms with van der Waals surface area (Å²) in [6, 6.07) is 0. The predicted octanol–water partition coefficient (Wildman–Crippen LogP) is 2.02. The van der Waals surface area contributed by atoms with E-state index in [2.05, 4.69) is 12.2 Å². The van der Waals surface area contributed by atoms with Crippen molar-refractivity contribution in [2.24, 2.45) is 5.92 Å². The van der Waals surface area contributed by atoms with Crippen molar-refractivity contribution in [3.05, 3.63) is 0 Å². The van der Waals surface area contributed by atoms with Gasteiger partial charge in [0, 0.05) is 19.4 Å². The van der Waals surface area contributed by atoms with Gasteiger partial charge in [0.1, 0.15) is 0 Å². The average molecular weight is 270 g/mol. The third kappa shape index (κ3) is 13.2. The SMILES string of the molecule is CCCCCCCC(CCNC(C)=O)CCC(=O)[O-]. The van der Waals surface area contributed by atoms with Crippen molar-refractivity contribution < 1.29 is 14.7 Å². The van der Waals surface area contributed by atoms with E-state index in [9.17, 15) is 14.7 Å². The Morgan fingerprint density at radius 2 is 1.74 bits per heavy atom. The van der Waals surface area contributed by atoms with Gasteiger partial charge in [0.15, 0.2) is 0 Å². The minimum absolute atomic E-state index is 0.0263. The van der Waals surface area contributed by atoms with E-state index in [1.54, 1.807) is 0 Å². The summed E-state index contributed by atoms with van der Waals surface area (Å²) in [6.45, 7) is 4.33. The van der Waals surface area contributed by atoms with Gasteiger partial charge in [-0.25, -0.2) is 0 Å². The van der Waals surface area contributed by atoms with Gasteiger partial charge in [-0.2, -0.15) is 0 Å². The molecule has 0 aromatic heterocycles. The van der Waals surface area contributed by atoms with E-state index in [1.165, 1.54) is 32.6 Å². The first-order chi connectivity index (χ1) is 9.06. The molecular formula is C15H28NO3-. The molecule has 0 aliphatic heterocycles. The number of unbranched alkanes of at least 4 members (excludes halogenated alkanes) is 4. The van der Waals surface area contributed by atoms with Crippen LogP contribution in [0.4, 0.5) is 0 Å². The number of nitrogens with one attached hydrogen (secondary N) is 1. The van der Waals surface area contributed by atoms with Crippen LogP contribution in [-0.4, -0.2) is 18.4 Å². The van der Waals surface area contributed by atoms with Crippen molar-refractivity contribution in [1.82, 2.24) is 5.32 Å². The molecule has 0 radical (unpaired) electrons. The Labute approximate surface area is 117 Å². The first kappa shape index (κ1) is 17.9. The van der Waals surface area contributed by atoms with E-state index in [0.29, 0.717) is 18.9 Å². The summed E-state index contributed by atoms with van der Waals surface area (Å²) in [6.07, 6.45) is 8.84. The monoisotopic (exact) mass is 270 g/mol. The molecular weight excluding hydrogens is 242 g/mol. The molecule has 0 rings (SSSR count). The van der Waals surface area contributed by atoms with Gasteiger partial charge >= 0.3 is 0 Å². The maximum atomic E-state index is 10.8. The molecule has 4 nitrogen and oxygen atoms in total. The molecule has 0 aliphatic carbocycles. The summed E-state index contributed by atoms with van der Waals surface area (Å²) in [7, 11) is 0. The molecule has 0 fully saturated rings. The van der Waals surface area contributed by atoms with E-state index in [4.69, 9.17) is 0 Å². The van der Waals surface area contributed by atoms with Gasteiger partial charge in [-0.3, -0.25) is 4.79 Å². The standard InChI is InChI=1S/C15H29NO3/c1-3-4-5-6-7-8-14(9-10-15(18)19)11-12-16-13(2)17/h14H,3-12H2,1-2H3,(H,16,17)(H,18,19)/p-1. The topological polar surface area (TPSA) is 69.2 Å². The Kier molecular flexibility index (Phi) is 11.3. The summed E-state index contributed by atoms with van der Waals surface area (Å²) >= 11 is 0. The van der Waals surface area contributed by atoms with Crippen LogP contribution in [0.15, 0.2) is 0 Å². The number of carbonyl (C=O) groups is 2. The van der Waals surface area contributed by atoms with E-state index in [-0.39, 0.29) is 12.3 Å². The molecule has 0 aromatic carbocycles. The Morgan fingerprint density at radius 3 is 2.32 bits per heavy atom. The second-order valence-electron chi connectivity index (χ2n) is 5.25. The molecule has 4 heteroatoms. The summed E-state index contributed by atoms with van der Waals surface area (Å²) in [5.41, 5.74) is 0. The number of hydrogen-bond donors (Lipinski definition) is 1. The summed E-state index contributed by atoms with van der Waals surface area (Å²) < 4.78 is 0. The van der Waals surface area contributed by atoms with E-state index in [0.717, 1.165) is 19.3 Å². The highest BCUT2D eigenvalue weighted by Crippen LogP contribution is 2.19. The van der Waals surface area contributed by atoms with Crippen LogP contribution in [0, 0.1) is 5.92 Å². The zero-order valence-corrected chi connectivity index (χ0v) is 12.4. The van der Waals surface area contributed by atoms with Crippen molar-refractivity contribution in [3.8, 4) is 0 Å². The Morgan fingerprint density at radius 1 is 1.05 bits per heavy atom. The van der Waals surface area contributed by atoms with E-state index >= 15 is 0 Å². The van der Waals surface area contributed by atoms with Crippen LogP contribution in [-0.2, 0) is 9.59 Å². The predicted molar refractivity (Wildman–Crippen MR) is 74.4 cm³/mol. The number of carbonyl (C=O) groups excluding carboxylic acids is 2. The van der Waals surface area contributed by atoms with E-state index < -0.39 is 5.97 Å². The highest BCUT2D eigenvalue weighted by atomic mass is 16.4. The molecule has 1 unspecified atom stereocenters. The van der Waals surface area contributed by atoms with Crippen LogP contribution < -0.4 is 10.4 Å². The Balaban J connectivity index is 3.82. The number of aliphatic carboxylic acids is 1. The van der Waals surface area contributed by atoms with Crippen LogP contribution in [0.2, 0.25) is 0 Å². The Bertz CT molecular complexity index is 254. The minimum Gasteiger partial charge on any atom is -0.550 e. The number of hydrogen-bond acceptors (Lipinski definition) is 3. The fourth-order valence-electron chi connectivity index (χ4n) is 2.24. The molecule has 112 valence electrons. The normalized spacial score (nSPS) is 12.1. The van der Waals surface area contributed by atoms with Crippen molar-refractivity contribution in [2.45, 2.75) is 71.6 Å². The van der Waals surface area contributed by atoms with Gasteiger partial charge in [0.25, 0.3) is 0 Å². The number of rotatable bonds is 12. The van der Waals surface area contributed by atoms with Crippen molar-refractivity contribution in [2.75, 3.05) is 6.54 Å². The second kappa shape index (κ2) is 12.0. The first-order valence-corrected chi connectivity index (χ1v) is 7.50. The van der Waals surface area contributed by atoms with Gasteiger partial charge in [0.05, 0.1) is 0 Å². The summed E-state index contributed by atoms with van der Waals surface area (Å²) in [5, 5.41) is 13.3. The highest BCUT2D eigenvalue weighted by molar-refractivity contribution is 5.72. The number of carboxylic acids is 1. The second-order valence-corrected chi connectivity index (χ2v) is 5.25. The van der Waals surface area contributed by atoms with Gasteiger partial charge in [-0.1, -0.05) is 45.4 Å². The molecule has 0 saturated carbocycles. The average Bonchev–Trinajstić information content (AvgIpc) is 2.34. The Hall–Kier alpha value is -1.06. The highest BCUT2D eigenvalue weighted by Gasteiger charge is 2.09. The quantitative estimate of drug-likeness (QED) is 0.552. The van der Waals surface area contributed by atoms with Gasteiger partial charge in [0.2, 0.25) is 5.91 Å². The molecule has 0 heterocycles. The van der Waals surface area contributed by atoms with Gasteiger partial charge in [-0.15, -0.1) is 0 Å². The van der Waals surface area contributed by atoms with Crippen LogP contribution in [0.1, 0.15) is 71.6 Å². The molecule has 19 heavy (non-hydrogen) atoms. The molecule has 0 aromatic rings. The van der Waals surface area contributed by atoms with Crippen LogP contribution in [0.25, 0.3) is 0 Å². The van der Waals surface area contributed by atoms with Crippen molar-refractivity contribution in [1.29, 1.82) is 0 Å². The fraction of sp³-hybridized carbons (Fsp3) is 0.867. The largest absolute Gasteiger partial charge is 0.550 e. The zero-order valence-electron chi connectivity index (χ0n) is 12.4. The van der Waals surface area contributed by atoms with E-state index in [1.807, 2.05) is 0 Å². The van der Waals surface area contributed by atoms with Crippen molar-refractivity contribution in [3.63, 3.8) is 0 Å². The van der Waals surface area contributed by atoms with Crippen LogP contribution in [0.5, 0.6) is 0 Å². The molecule has 1 N–H and O–H groups in total. The number of amides is 1. The molecule has 0 aliphatic rings. The maximum Gasteiger partial charge on any atom is 0.216 e. The van der Waals surface area contributed by atoms with Gasteiger partial charge in [-0.05, 0) is 25.2 Å². The lowest BCUT2D eigenvalue weighted by Crippen LogP contribution is -2.25. The lowest BCUT2D eigenvalue weighted by Gasteiger charge is -2.17. The molecule has 0 bridgehead atoms. The first-order valence-electron chi connectivity index (χ1n) is 7.50. The van der Waals surface area contributed by atoms with Crippen molar-refractivity contribution >= 4 is 11.9 Å². The maximum absolute atomic E-state index is 10.8. The third-order valence-electron chi connectivity index (χ3n) is 3.40. The smallest absolute Gasteiger partial charge is 0.216 e. The molecule has 1 amide bonds. The molecule has 0 spiro atoms. The molecule has 0 saturated heterocycles. The lowest BCUT2D eigenvalue weighted by molar-refractivity contribution is -0.306. The van der Waals surface area contributed by atoms with Gasteiger partial charge < -0.3 is 15.2 Å². The third-order valence-corrected chi connectivity index (χ3v) is 3.40. The summed E-state index contributed by atoms with van der Waals surface area (Å²) in [4.78, 5) is 21.3. The van der Waals surface area contributed by atoms with Crippen LogP contribution in [0.3, 0.4) is 0 Å². The minimum atomic E-state index is -0.976.